The van der Waals surface area contributed by atoms with Crippen LogP contribution in [0.25, 0.3) is 10.9 Å². The Balaban J connectivity index is 1.51. The van der Waals surface area contributed by atoms with E-state index in [4.69, 9.17) is 22.1 Å². The van der Waals surface area contributed by atoms with Crippen LogP contribution in [-0.2, 0) is 14.3 Å². The lowest BCUT2D eigenvalue weighted by atomic mass is 10.1. The number of rotatable bonds is 8. The van der Waals surface area contributed by atoms with Gasteiger partial charge in [0.1, 0.15) is 29.2 Å². The fraction of sp³-hybridized carbons (Fsp3) is 0.417. The van der Waals surface area contributed by atoms with Crippen molar-refractivity contribution < 1.29 is 28.6 Å². The number of hydrogen-bond acceptors (Lipinski definition) is 7. The van der Waals surface area contributed by atoms with Crippen molar-refractivity contribution in [1.82, 2.24) is 15.2 Å². The molecule has 4 rings (SSSR count). The van der Waals surface area contributed by atoms with Crippen molar-refractivity contribution in [1.29, 1.82) is 0 Å². The third-order valence-corrected chi connectivity index (χ3v) is 6.34. The molecule has 1 unspecified atom stereocenters. The van der Waals surface area contributed by atoms with Crippen LogP contribution in [0.15, 0.2) is 43.1 Å². The molecular weight excluding hydrogens is 437 g/mol. The molecule has 10 heteroatoms. The number of nitrogens with zero attached hydrogens (tertiary/aromatic N) is 2. The number of amides is 2. The number of ether oxygens (including phenoxy) is 3. The molecule has 2 fully saturated rings. The Morgan fingerprint density at radius 3 is 2.79 bits per heavy atom. The molecule has 176 valence electrons. The van der Waals surface area contributed by atoms with Crippen molar-refractivity contribution in [3.63, 3.8) is 0 Å². The predicted molar refractivity (Wildman–Crippen MR) is 125 cm³/mol. The second-order valence-electron chi connectivity index (χ2n) is 8.40. The van der Waals surface area contributed by atoms with Gasteiger partial charge in [-0.25, -0.2) is 4.79 Å². The molecule has 2 radical (unpaired) electrons. The zero-order valence-electron chi connectivity index (χ0n) is 19.2. The summed E-state index contributed by atoms with van der Waals surface area (Å²) in [6.07, 6.45) is 3.37. The fourth-order valence-electron chi connectivity index (χ4n) is 4.45. The van der Waals surface area contributed by atoms with Crippen molar-refractivity contribution in [2.24, 2.45) is 5.92 Å². The largest absolute Gasteiger partial charge is 0.497 e. The zero-order chi connectivity index (χ0) is 24.5. The van der Waals surface area contributed by atoms with E-state index in [1.54, 1.807) is 44.5 Å². The summed E-state index contributed by atoms with van der Waals surface area (Å²) in [5.41, 5.74) is -0.464. The van der Waals surface area contributed by atoms with Gasteiger partial charge < -0.3 is 24.4 Å². The molecule has 1 aromatic heterocycles. The van der Waals surface area contributed by atoms with Gasteiger partial charge in [0.05, 0.1) is 25.8 Å². The van der Waals surface area contributed by atoms with Crippen LogP contribution in [0.5, 0.6) is 11.5 Å². The number of likely N-dealkylation sites (tertiary alicyclic amines) is 1. The minimum absolute atomic E-state index is 0.130. The first-order chi connectivity index (χ1) is 16.3. The van der Waals surface area contributed by atoms with Crippen LogP contribution in [0.1, 0.15) is 19.8 Å². The highest BCUT2D eigenvalue weighted by Crippen LogP contribution is 2.45. The summed E-state index contributed by atoms with van der Waals surface area (Å²) in [6, 6.07) is 6.29. The summed E-state index contributed by atoms with van der Waals surface area (Å²) in [4.78, 5) is 43.4. The standard InChI is InChI=1S/C24H26BN3O6/c1-4-14-12-24(14,22(30)33-5-2)27-21(29)19-11-16(13-28(19)23(25)31)34-20-8-9-26-18-10-15(32-3)6-7-17(18)20/h4,6-10,14,16,19H,1,5,11-13H2,2-3H3,(H,27,29)/t14?,16-,19+,24-/m1/s1. The van der Waals surface area contributed by atoms with E-state index in [1.807, 2.05) is 6.07 Å². The SMILES string of the molecule is [B]C(=O)N1C[C@H](Oc2ccnc3cc(OC)ccc23)C[C@H]1C(=O)N[C@]1(C(=O)OCC)CC1C=C. The quantitative estimate of drug-likeness (QED) is 0.363. The number of hydrogen-bond donors (Lipinski definition) is 1. The molecule has 9 nitrogen and oxygen atoms in total. The van der Waals surface area contributed by atoms with Gasteiger partial charge in [0, 0.05) is 30.0 Å². The van der Waals surface area contributed by atoms with Crippen LogP contribution in [0.2, 0.25) is 0 Å². The Kier molecular flexibility index (Phi) is 6.50. The maximum atomic E-state index is 13.2. The number of pyridine rings is 1. The van der Waals surface area contributed by atoms with E-state index in [2.05, 4.69) is 16.9 Å². The molecule has 1 saturated heterocycles. The average Bonchev–Trinajstić information content (AvgIpc) is 3.37. The normalized spacial score (nSPS) is 25.5. The molecule has 1 aromatic carbocycles. The first kappa shape index (κ1) is 23.6. The summed E-state index contributed by atoms with van der Waals surface area (Å²) in [7, 11) is 7.14. The lowest BCUT2D eigenvalue weighted by Gasteiger charge is -2.25. The number of esters is 1. The number of carbonyl (C=O) groups excluding carboxylic acids is 3. The molecule has 4 atom stereocenters. The molecule has 2 heterocycles. The van der Waals surface area contributed by atoms with Crippen molar-refractivity contribution >= 4 is 36.4 Å². The molecule has 0 spiro atoms. The maximum absolute atomic E-state index is 13.2. The van der Waals surface area contributed by atoms with Crippen molar-refractivity contribution in [3.05, 3.63) is 43.1 Å². The number of benzene rings is 1. The number of methoxy groups -OCH3 is 1. The molecule has 2 aromatic rings. The highest BCUT2D eigenvalue weighted by molar-refractivity contribution is 6.57. The van der Waals surface area contributed by atoms with Gasteiger partial charge in [0.25, 0.3) is 0 Å². The van der Waals surface area contributed by atoms with Gasteiger partial charge in [-0.3, -0.25) is 14.6 Å². The molecule has 34 heavy (non-hydrogen) atoms. The topological polar surface area (TPSA) is 107 Å². The summed E-state index contributed by atoms with van der Waals surface area (Å²) in [6.45, 7) is 5.75. The van der Waals surface area contributed by atoms with Gasteiger partial charge in [-0.1, -0.05) is 6.08 Å². The predicted octanol–water partition coefficient (Wildman–Crippen LogP) is 1.98. The summed E-state index contributed by atoms with van der Waals surface area (Å²) in [5.74, 6) is -0.721. The van der Waals surface area contributed by atoms with E-state index in [-0.39, 0.29) is 25.5 Å². The summed E-state index contributed by atoms with van der Waals surface area (Å²) >= 11 is 0. The van der Waals surface area contributed by atoms with Gasteiger partial charge in [0.15, 0.2) is 5.81 Å². The lowest BCUT2D eigenvalue weighted by molar-refractivity contribution is -0.149. The Morgan fingerprint density at radius 2 is 2.15 bits per heavy atom. The first-order valence-electron chi connectivity index (χ1n) is 11.1. The van der Waals surface area contributed by atoms with Gasteiger partial charge in [0.2, 0.25) is 13.8 Å². The lowest BCUT2D eigenvalue weighted by Crippen LogP contribution is -2.53. The summed E-state index contributed by atoms with van der Waals surface area (Å²) < 4.78 is 16.6. The molecule has 1 aliphatic carbocycles. The maximum Gasteiger partial charge on any atom is 0.332 e. The number of carbonyl (C=O) groups is 3. The fourth-order valence-corrected chi connectivity index (χ4v) is 4.45. The van der Waals surface area contributed by atoms with E-state index in [0.29, 0.717) is 23.4 Å². The Hall–Kier alpha value is -3.56. The highest BCUT2D eigenvalue weighted by atomic mass is 16.5. The smallest absolute Gasteiger partial charge is 0.332 e. The first-order valence-corrected chi connectivity index (χ1v) is 11.1. The number of aromatic nitrogens is 1. The molecular formula is C24H26BN3O6. The van der Waals surface area contributed by atoms with Crippen LogP contribution in [0, 0.1) is 5.92 Å². The van der Waals surface area contributed by atoms with E-state index < -0.39 is 35.4 Å². The zero-order valence-corrected chi connectivity index (χ0v) is 19.2. The van der Waals surface area contributed by atoms with E-state index in [0.717, 1.165) is 5.39 Å². The van der Waals surface area contributed by atoms with Gasteiger partial charge in [-0.05, 0) is 31.5 Å². The van der Waals surface area contributed by atoms with E-state index >= 15 is 0 Å². The van der Waals surface area contributed by atoms with Crippen LogP contribution in [-0.4, -0.2) is 73.4 Å². The Bertz CT molecular complexity index is 1140. The number of nitrogens with one attached hydrogen (secondary N) is 1. The third kappa shape index (κ3) is 4.32. The molecule has 1 aliphatic heterocycles. The van der Waals surface area contributed by atoms with Gasteiger partial charge in [-0.15, -0.1) is 6.58 Å². The molecule has 2 amide bonds. The monoisotopic (exact) mass is 463 g/mol. The Labute approximate surface area is 198 Å². The van der Waals surface area contributed by atoms with Crippen molar-refractivity contribution in [3.8, 4) is 11.5 Å². The van der Waals surface area contributed by atoms with Crippen LogP contribution in [0.3, 0.4) is 0 Å². The minimum Gasteiger partial charge on any atom is -0.497 e. The van der Waals surface area contributed by atoms with Crippen molar-refractivity contribution in [2.75, 3.05) is 20.3 Å². The second-order valence-corrected chi connectivity index (χ2v) is 8.40. The molecule has 2 aliphatic rings. The third-order valence-electron chi connectivity index (χ3n) is 6.34. The van der Waals surface area contributed by atoms with Crippen LogP contribution in [0.4, 0.5) is 4.79 Å². The van der Waals surface area contributed by atoms with Crippen LogP contribution >= 0.6 is 0 Å². The van der Waals surface area contributed by atoms with Crippen molar-refractivity contribution in [2.45, 2.75) is 37.5 Å². The highest BCUT2D eigenvalue weighted by Gasteiger charge is 2.61. The van der Waals surface area contributed by atoms with Crippen LogP contribution < -0.4 is 14.8 Å². The van der Waals surface area contributed by atoms with E-state index in [9.17, 15) is 14.4 Å². The summed E-state index contributed by atoms with van der Waals surface area (Å²) in [5, 5.41) is 3.57. The number of fused-ring (bicyclic) bond motifs is 1. The molecule has 1 N–H and O–H groups in total. The van der Waals surface area contributed by atoms with E-state index in [1.165, 1.54) is 4.90 Å². The second kappa shape index (κ2) is 9.36. The molecule has 1 saturated carbocycles. The average molecular weight is 463 g/mol. The van der Waals surface area contributed by atoms with Gasteiger partial charge in [-0.2, -0.15) is 0 Å². The van der Waals surface area contributed by atoms with Gasteiger partial charge >= 0.3 is 5.97 Å². The molecule has 0 bridgehead atoms. The Morgan fingerprint density at radius 1 is 1.35 bits per heavy atom. The minimum atomic E-state index is -1.16.